The molecule has 0 saturated carbocycles. The van der Waals surface area contributed by atoms with Gasteiger partial charge in [-0.2, -0.15) is 0 Å². The van der Waals surface area contributed by atoms with E-state index in [2.05, 4.69) is 17.0 Å². The summed E-state index contributed by atoms with van der Waals surface area (Å²) < 4.78 is 0. The molecule has 1 N–H and O–H groups in total. The molecule has 1 aliphatic rings. The maximum Gasteiger partial charge on any atom is 0.222 e. The third kappa shape index (κ3) is 5.39. The number of hydrogen-bond acceptors (Lipinski definition) is 4. The number of aryl methyl sites for hydroxylation is 1. The van der Waals surface area contributed by atoms with Crippen LogP contribution in [0.15, 0.2) is 47.8 Å². The first-order valence-corrected chi connectivity index (χ1v) is 9.86. The summed E-state index contributed by atoms with van der Waals surface area (Å²) >= 11 is 1.59. The molecule has 2 aromatic rings. The lowest BCUT2D eigenvalue weighted by atomic mass is 10.1. The molecular formula is C20H26N2O2S. The molecule has 5 heteroatoms. The molecule has 1 aromatic carbocycles. The summed E-state index contributed by atoms with van der Waals surface area (Å²) in [7, 11) is 0. The molecule has 0 bridgehead atoms. The lowest BCUT2D eigenvalue weighted by molar-refractivity contribution is -0.133. The van der Waals surface area contributed by atoms with E-state index in [4.69, 9.17) is 0 Å². The van der Waals surface area contributed by atoms with Crippen LogP contribution in [0.25, 0.3) is 0 Å². The van der Waals surface area contributed by atoms with E-state index in [-0.39, 0.29) is 5.91 Å². The van der Waals surface area contributed by atoms with E-state index < -0.39 is 6.10 Å². The first-order chi connectivity index (χ1) is 12.2. The van der Waals surface area contributed by atoms with Crippen LogP contribution in [0.2, 0.25) is 0 Å². The number of piperazine rings is 1. The molecule has 2 heterocycles. The number of carbonyl (C=O) groups is 1. The summed E-state index contributed by atoms with van der Waals surface area (Å²) in [4.78, 5) is 17.6. The molecule has 134 valence electrons. The molecule has 3 rings (SSSR count). The van der Waals surface area contributed by atoms with Crippen molar-refractivity contribution in [1.82, 2.24) is 9.80 Å². The fourth-order valence-corrected chi connectivity index (χ4v) is 3.94. The predicted molar refractivity (Wildman–Crippen MR) is 102 cm³/mol. The minimum absolute atomic E-state index is 0.259. The second kappa shape index (κ2) is 9.13. The maximum atomic E-state index is 12.4. The lowest BCUT2D eigenvalue weighted by Crippen LogP contribution is -2.49. The highest BCUT2D eigenvalue weighted by atomic mass is 32.1. The molecule has 1 unspecified atom stereocenters. The zero-order valence-electron chi connectivity index (χ0n) is 14.5. The minimum Gasteiger partial charge on any atom is -0.386 e. The third-order valence-electron chi connectivity index (χ3n) is 4.73. The molecule has 1 amide bonds. The van der Waals surface area contributed by atoms with Gasteiger partial charge < -0.3 is 10.0 Å². The smallest absolute Gasteiger partial charge is 0.222 e. The van der Waals surface area contributed by atoms with Crippen LogP contribution in [0, 0.1) is 0 Å². The van der Waals surface area contributed by atoms with Gasteiger partial charge in [-0.25, -0.2) is 0 Å². The van der Waals surface area contributed by atoms with Crippen LogP contribution >= 0.6 is 11.3 Å². The van der Waals surface area contributed by atoms with Crippen molar-refractivity contribution in [1.29, 1.82) is 0 Å². The van der Waals surface area contributed by atoms with Crippen LogP contribution in [-0.2, 0) is 11.2 Å². The summed E-state index contributed by atoms with van der Waals surface area (Å²) in [6.45, 7) is 3.86. The molecule has 1 aromatic heterocycles. The van der Waals surface area contributed by atoms with Crippen molar-refractivity contribution in [3.63, 3.8) is 0 Å². The van der Waals surface area contributed by atoms with Crippen LogP contribution in [0.5, 0.6) is 0 Å². The number of amides is 1. The average Bonchev–Trinajstić information content (AvgIpc) is 3.18. The van der Waals surface area contributed by atoms with Crippen LogP contribution < -0.4 is 0 Å². The Morgan fingerprint density at radius 1 is 1.08 bits per heavy atom. The first-order valence-electron chi connectivity index (χ1n) is 8.98. The van der Waals surface area contributed by atoms with Gasteiger partial charge in [0.25, 0.3) is 0 Å². The zero-order chi connectivity index (χ0) is 17.5. The molecule has 4 nitrogen and oxygen atoms in total. The Balaban J connectivity index is 1.36. The number of hydrogen-bond donors (Lipinski definition) is 1. The van der Waals surface area contributed by atoms with Crippen molar-refractivity contribution >= 4 is 17.2 Å². The van der Waals surface area contributed by atoms with Crippen LogP contribution in [0.1, 0.15) is 29.4 Å². The Kier molecular flexibility index (Phi) is 6.62. The van der Waals surface area contributed by atoms with Crippen molar-refractivity contribution in [3.05, 3.63) is 58.3 Å². The molecule has 25 heavy (non-hydrogen) atoms. The van der Waals surface area contributed by atoms with Gasteiger partial charge in [-0.1, -0.05) is 36.4 Å². The van der Waals surface area contributed by atoms with Crippen LogP contribution in [-0.4, -0.2) is 53.5 Å². The number of β-amino-alcohol motifs (C(OH)–C–C–N with tert-alkyl or cyclic N) is 1. The third-order valence-corrected chi connectivity index (χ3v) is 5.70. The van der Waals surface area contributed by atoms with Crippen molar-refractivity contribution in [2.45, 2.75) is 25.4 Å². The van der Waals surface area contributed by atoms with E-state index in [1.807, 2.05) is 40.6 Å². The summed E-state index contributed by atoms with van der Waals surface area (Å²) in [5.74, 6) is 0.259. The number of aliphatic hydroxyl groups excluding tert-OH is 1. The molecular weight excluding hydrogens is 332 g/mol. The molecule has 0 spiro atoms. The Hall–Kier alpha value is -1.69. The van der Waals surface area contributed by atoms with E-state index in [1.54, 1.807) is 11.3 Å². The van der Waals surface area contributed by atoms with Crippen molar-refractivity contribution < 1.29 is 9.90 Å². The molecule has 1 fully saturated rings. The van der Waals surface area contributed by atoms with Crippen LogP contribution in [0.4, 0.5) is 0 Å². The van der Waals surface area contributed by atoms with Gasteiger partial charge >= 0.3 is 0 Å². The fraction of sp³-hybridized carbons (Fsp3) is 0.450. The molecule has 1 atom stereocenters. The Bertz CT molecular complexity index is 637. The van der Waals surface area contributed by atoms with E-state index >= 15 is 0 Å². The van der Waals surface area contributed by atoms with Crippen molar-refractivity contribution in [3.8, 4) is 0 Å². The summed E-state index contributed by atoms with van der Waals surface area (Å²) in [6.07, 6.45) is 2.06. The van der Waals surface area contributed by atoms with Gasteiger partial charge in [-0.05, 0) is 29.9 Å². The molecule has 0 radical (unpaired) electrons. The van der Waals surface area contributed by atoms with Crippen molar-refractivity contribution in [2.24, 2.45) is 0 Å². The minimum atomic E-state index is -0.423. The monoisotopic (exact) mass is 358 g/mol. The maximum absolute atomic E-state index is 12.4. The summed E-state index contributed by atoms with van der Waals surface area (Å²) in [5.41, 5.74) is 1.29. The summed E-state index contributed by atoms with van der Waals surface area (Å²) in [5, 5.41) is 12.2. The highest BCUT2D eigenvalue weighted by Gasteiger charge is 2.22. The quantitative estimate of drug-likeness (QED) is 0.828. The number of benzene rings is 1. The van der Waals surface area contributed by atoms with Gasteiger partial charge in [0, 0.05) is 44.0 Å². The molecule has 0 aliphatic carbocycles. The fourth-order valence-electron chi connectivity index (χ4n) is 3.24. The predicted octanol–water partition coefficient (Wildman–Crippen LogP) is 2.95. The van der Waals surface area contributed by atoms with Crippen molar-refractivity contribution in [2.75, 3.05) is 32.7 Å². The van der Waals surface area contributed by atoms with Gasteiger partial charge in [0.2, 0.25) is 5.91 Å². The Labute approximate surface area is 153 Å². The van der Waals surface area contributed by atoms with Gasteiger partial charge in [-0.15, -0.1) is 11.3 Å². The molecule has 1 aliphatic heterocycles. The SMILES string of the molecule is O=C(CCCc1ccccc1)N1CCN(CC(O)c2cccs2)CC1. The Morgan fingerprint density at radius 2 is 1.84 bits per heavy atom. The number of aliphatic hydroxyl groups is 1. The Morgan fingerprint density at radius 3 is 2.52 bits per heavy atom. The largest absolute Gasteiger partial charge is 0.386 e. The van der Waals surface area contributed by atoms with Gasteiger partial charge in [0.1, 0.15) is 6.10 Å². The normalized spacial score (nSPS) is 16.8. The molecule has 1 saturated heterocycles. The van der Waals surface area contributed by atoms with E-state index in [0.29, 0.717) is 13.0 Å². The number of rotatable bonds is 7. The zero-order valence-corrected chi connectivity index (χ0v) is 15.3. The lowest BCUT2D eigenvalue weighted by Gasteiger charge is -2.35. The topological polar surface area (TPSA) is 43.8 Å². The standard InChI is InChI=1S/C20H26N2O2S/c23-18(19-9-5-15-25-19)16-21-11-13-22(14-12-21)20(24)10-4-8-17-6-2-1-3-7-17/h1-3,5-7,9,15,18,23H,4,8,10-14,16H2. The van der Waals surface area contributed by atoms with E-state index in [0.717, 1.165) is 43.9 Å². The summed E-state index contributed by atoms with van der Waals surface area (Å²) in [6, 6.07) is 14.3. The second-order valence-corrected chi connectivity index (χ2v) is 7.53. The number of thiophene rings is 1. The van der Waals surface area contributed by atoms with Gasteiger partial charge in [0.15, 0.2) is 0 Å². The van der Waals surface area contributed by atoms with Gasteiger partial charge in [-0.3, -0.25) is 9.69 Å². The van der Waals surface area contributed by atoms with E-state index in [1.165, 1.54) is 5.56 Å². The highest BCUT2D eigenvalue weighted by molar-refractivity contribution is 7.10. The number of carbonyl (C=O) groups excluding carboxylic acids is 1. The number of nitrogens with zero attached hydrogens (tertiary/aromatic N) is 2. The first kappa shape index (κ1) is 18.1. The highest BCUT2D eigenvalue weighted by Crippen LogP contribution is 2.20. The average molecular weight is 359 g/mol. The second-order valence-electron chi connectivity index (χ2n) is 6.55. The van der Waals surface area contributed by atoms with Gasteiger partial charge in [0.05, 0.1) is 0 Å². The van der Waals surface area contributed by atoms with Crippen LogP contribution in [0.3, 0.4) is 0 Å². The van der Waals surface area contributed by atoms with E-state index in [9.17, 15) is 9.90 Å².